The molecular weight excluding hydrogens is 424 g/mol. The molecule has 0 amide bonds. The van der Waals surface area contributed by atoms with Crippen molar-refractivity contribution in [1.29, 1.82) is 0 Å². The molecule has 3 heterocycles. The summed E-state index contributed by atoms with van der Waals surface area (Å²) in [4.78, 5) is 0. The van der Waals surface area contributed by atoms with Crippen LogP contribution >= 0.6 is 0 Å². The van der Waals surface area contributed by atoms with Crippen LogP contribution in [0.1, 0.15) is 20.8 Å². The van der Waals surface area contributed by atoms with E-state index in [0.717, 1.165) is 0 Å². The SMILES string of the molecule is C[C@@H]1O[C@@H](O[C@H]2[C@@H](O)[C@H](O)[C@H](O[C@H]3[C@@H](O)[C@H](O)[C@H](O)O[C@H]3C)O[C@H]2C)[C@@H](O)[C@H](O)[C@@H]1O. The van der Waals surface area contributed by atoms with Crippen LogP contribution in [0.3, 0.4) is 0 Å². The molecule has 0 aromatic carbocycles. The van der Waals surface area contributed by atoms with Crippen molar-refractivity contribution in [3.05, 3.63) is 0 Å². The molecule has 0 saturated carbocycles. The van der Waals surface area contributed by atoms with Gasteiger partial charge in [0.1, 0.15) is 54.9 Å². The van der Waals surface area contributed by atoms with E-state index >= 15 is 0 Å². The van der Waals surface area contributed by atoms with Crippen molar-refractivity contribution in [2.45, 2.75) is 113 Å². The Morgan fingerprint density at radius 3 is 1.42 bits per heavy atom. The molecule has 3 aliphatic rings. The molecule has 0 aromatic rings. The van der Waals surface area contributed by atoms with E-state index in [4.69, 9.17) is 23.7 Å². The van der Waals surface area contributed by atoms with Crippen LogP contribution in [0.5, 0.6) is 0 Å². The van der Waals surface area contributed by atoms with Gasteiger partial charge in [0.05, 0.1) is 18.3 Å². The maximum absolute atomic E-state index is 10.6. The third-order valence-electron chi connectivity index (χ3n) is 5.96. The molecule has 0 unspecified atom stereocenters. The highest BCUT2D eigenvalue weighted by molar-refractivity contribution is 4.94. The van der Waals surface area contributed by atoms with E-state index in [0.29, 0.717) is 0 Å². The van der Waals surface area contributed by atoms with Gasteiger partial charge in [-0.15, -0.1) is 0 Å². The van der Waals surface area contributed by atoms with Gasteiger partial charge in [0, 0.05) is 0 Å². The van der Waals surface area contributed by atoms with Gasteiger partial charge in [0.2, 0.25) is 0 Å². The first-order valence-corrected chi connectivity index (χ1v) is 10.2. The van der Waals surface area contributed by atoms with Crippen LogP contribution < -0.4 is 0 Å². The predicted octanol–water partition coefficient (Wildman–Crippen LogP) is -4.49. The van der Waals surface area contributed by atoms with Gasteiger partial charge >= 0.3 is 0 Å². The van der Waals surface area contributed by atoms with Gasteiger partial charge in [0.25, 0.3) is 0 Å². The first-order chi connectivity index (χ1) is 14.4. The lowest BCUT2D eigenvalue weighted by molar-refractivity contribution is -0.370. The molecule has 0 spiro atoms. The van der Waals surface area contributed by atoms with Gasteiger partial charge in [-0.2, -0.15) is 0 Å². The van der Waals surface area contributed by atoms with Crippen LogP contribution in [0.25, 0.3) is 0 Å². The van der Waals surface area contributed by atoms with Crippen molar-refractivity contribution < 1.29 is 64.5 Å². The Labute approximate surface area is 178 Å². The topological polar surface area (TPSA) is 208 Å². The normalized spacial score (nSPS) is 56.4. The van der Waals surface area contributed by atoms with Crippen LogP contribution in [-0.2, 0) is 23.7 Å². The second kappa shape index (κ2) is 9.77. The summed E-state index contributed by atoms with van der Waals surface area (Å²) in [6, 6.07) is 0. The van der Waals surface area contributed by atoms with Crippen molar-refractivity contribution in [3.8, 4) is 0 Å². The Hall–Kier alpha value is -0.520. The average Bonchev–Trinajstić information content (AvgIpc) is 2.72. The highest BCUT2D eigenvalue weighted by Crippen LogP contribution is 2.31. The van der Waals surface area contributed by atoms with Crippen molar-refractivity contribution in [1.82, 2.24) is 0 Å². The summed E-state index contributed by atoms with van der Waals surface area (Å²) < 4.78 is 27.1. The monoisotopic (exact) mass is 456 g/mol. The molecule has 13 nitrogen and oxygen atoms in total. The zero-order valence-electron chi connectivity index (χ0n) is 17.3. The van der Waals surface area contributed by atoms with Crippen molar-refractivity contribution in [3.63, 3.8) is 0 Å². The van der Waals surface area contributed by atoms with Crippen molar-refractivity contribution in [2.75, 3.05) is 0 Å². The lowest BCUT2D eigenvalue weighted by atomic mass is 9.96. The van der Waals surface area contributed by atoms with E-state index < -0.39 is 92.1 Å². The number of aliphatic hydroxyl groups is 8. The molecule has 0 aromatic heterocycles. The number of hydrogen-bond acceptors (Lipinski definition) is 13. The molecule has 13 heteroatoms. The highest BCUT2D eigenvalue weighted by atomic mass is 16.7. The van der Waals surface area contributed by atoms with E-state index in [1.54, 1.807) is 0 Å². The second-order valence-electron chi connectivity index (χ2n) is 8.29. The smallest absolute Gasteiger partial charge is 0.187 e. The highest BCUT2D eigenvalue weighted by Gasteiger charge is 2.51. The Morgan fingerprint density at radius 2 is 0.871 bits per heavy atom. The van der Waals surface area contributed by atoms with Crippen molar-refractivity contribution in [2.24, 2.45) is 0 Å². The van der Waals surface area contributed by atoms with Crippen LogP contribution in [0.15, 0.2) is 0 Å². The minimum atomic E-state index is -1.67. The van der Waals surface area contributed by atoms with Crippen LogP contribution in [0.2, 0.25) is 0 Å². The summed E-state index contributed by atoms with van der Waals surface area (Å²) in [6.45, 7) is 4.44. The first-order valence-electron chi connectivity index (χ1n) is 10.2. The lowest BCUT2D eigenvalue weighted by Gasteiger charge is -2.47. The fraction of sp³-hybridized carbons (Fsp3) is 1.00. The van der Waals surface area contributed by atoms with Gasteiger partial charge < -0.3 is 64.5 Å². The van der Waals surface area contributed by atoms with E-state index in [1.165, 1.54) is 20.8 Å². The molecule has 3 rings (SSSR count). The van der Waals surface area contributed by atoms with Crippen LogP contribution in [0, 0.1) is 0 Å². The van der Waals surface area contributed by atoms with E-state index in [9.17, 15) is 40.9 Å². The molecule has 8 N–H and O–H groups in total. The van der Waals surface area contributed by atoms with E-state index in [1.807, 2.05) is 0 Å². The Kier molecular flexibility index (Phi) is 7.91. The van der Waals surface area contributed by atoms with Crippen molar-refractivity contribution >= 4 is 0 Å². The summed E-state index contributed by atoms with van der Waals surface area (Å²) in [6.07, 6.45) is -20.4. The maximum atomic E-state index is 10.6. The largest absolute Gasteiger partial charge is 0.388 e. The summed E-state index contributed by atoms with van der Waals surface area (Å²) in [7, 11) is 0. The third-order valence-corrected chi connectivity index (χ3v) is 5.96. The Morgan fingerprint density at radius 1 is 0.452 bits per heavy atom. The molecular formula is C18H32O13. The molecule has 15 atom stereocenters. The molecule has 31 heavy (non-hydrogen) atoms. The lowest BCUT2D eigenvalue weighted by Crippen LogP contribution is -2.65. The Balaban J connectivity index is 1.65. The fourth-order valence-corrected chi connectivity index (χ4v) is 3.95. The molecule has 3 fully saturated rings. The minimum Gasteiger partial charge on any atom is -0.388 e. The average molecular weight is 456 g/mol. The number of hydrogen-bond donors (Lipinski definition) is 8. The van der Waals surface area contributed by atoms with Gasteiger partial charge in [-0.05, 0) is 20.8 Å². The van der Waals surface area contributed by atoms with Crippen LogP contribution in [0.4, 0.5) is 0 Å². The molecule has 0 bridgehead atoms. The minimum absolute atomic E-state index is 0.864. The number of ether oxygens (including phenoxy) is 5. The molecule has 182 valence electrons. The zero-order chi connectivity index (χ0) is 23.2. The van der Waals surface area contributed by atoms with Gasteiger partial charge in [0.15, 0.2) is 18.9 Å². The number of rotatable bonds is 4. The van der Waals surface area contributed by atoms with E-state index in [-0.39, 0.29) is 0 Å². The molecule has 3 saturated heterocycles. The van der Waals surface area contributed by atoms with Crippen LogP contribution in [-0.4, -0.2) is 133 Å². The summed E-state index contributed by atoms with van der Waals surface area (Å²) in [5.41, 5.74) is 0. The maximum Gasteiger partial charge on any atom is 0.187 e. The standard InChI is InChI=1S/C18H32O13/c1-4-7(19)8(20)12(24)17(28-4)31-15-6(3)29-18(13(25)10(15)22)30-14-5(2)27-16(26)11(23)9(14)21/h4-26H,1-3H3/t4-,5-,6-,7+,8+,9-,10-,11-,12-,13-,14+,15+,16+,17-,18-/m0/s1. The second-order valence-corrected chi connectivity index (χ2v) is 8.29. The van der Waals surface area contributed by atoms with Gasteiger partial charge in [-0.1, -0.05) is 0 Å². The van der Waals surface area contributed by atoms with Gasteiger partial charge in [-0.25, -0.2) is 0 Å². The first kappa shape index (κ1) is 25.1. The third kappa shape index (κ3) is 4.89. The summed E-state index contributed by atoms with van der Waals surface area (Å²) in [5.74, 6) is 0. The quantitative estimate of drug-likeness (QED) is 0.201. The summed E-state index contributed by atoms with van der Waals surface area (Å²) in [5, 5.41) is 80.4. The molecule has 0 radical (unpaired) electrons. The Bertz CT molecular complexity index is 595. The molecule has 0 aliphatic carbocycles. The zero-order valence-corrected chi connectivity index (χ0v) is 17.3. The molecule has 3 aliphatic heterocycles. The van der Waals surface area contributed by atoms with E-state index in [2.05, 4.69) is 0 Å². The number of aliphatic hydroxyl groups excluding tert-OH is 8. The predicted molar refractivity (Wildman–Crippen MR) is 97.0 cm³/mol. The van der Waals surface area contributed by atoms with Gasteiger partial charge in [-0.3, -0.25) is 0 Å². The summed E-state index contributed by atoms with van der Waals surface area (Å²) >= 11 is 0. The fourth-order valence-electron chi connectivity index (χ4n) is 3.95.